The Balaban J connectivity index is 1.77. The highest BCUT2D eigenvalue weighted by Crippen LogP contribution is 2.25. The Bertz CT molecular complexity index is 736. The second kappa shape index (κ2) is 5.71. The minimum atomic E-state index is -0.331. The largest absolute Gasteiger partial charge is 0.497 e. The van der Waals surface area contributed by atoms with Gasteiger partial charge in [-0.3, -0.25) is 10.1 Å². The van der Waals surface area contributed by atoms with E-state index in [0.29, 0.717) is 11.6 Å². The van der Waals surface area contributed by atoms with E-state index in [-0.39, 0.29) is 5.91 Å². The summed E-state index contributed by atoms with van der Waals surface area (Å²) in [6.45, 7) is 0. The van der Waals surface area contributed by atoms with E-state index in [9.17, 15) is 4.79 Å². The quantitative estimate of drug-likeness (QED) is 0.770. The van der Waals surface area contributed by atoms with Crippen molar-refractivity contribution in [2.24, 2.45) is 0 Å². The molecule has 0 saturated carbocycles. The number of nitrogens with one attached hydrogen (secondary N) is 2. The van der Waals surface area contributed by atoms with Crippen LogP contribution >= 0.6 is 11.3 Å². The Kier molecular flexibility index (Phi) is 3.61. The monoisotopic (exact) mass is 301 g/mol. The summed E-state index contributed by atoms with van der Waals surface area (Å²) < 4.78 is 5.11. The number of carbonyl (C=O) groups excluding carboxylic acids is 1. The molecule has 8 heteroatoms. The van der Waals surface area contributed by atoms with Gasteiger partial charge in [0.1, 0.15) is 22.8 Å². The van der Waals surface area contributed by atoms with Crippen molar-refractivity contribution in [2.75, 3.05) is 12.4 Å². The SMILES string of the molecule is COc1ccc(-c2nc(C(=O)Nc3ncn[nH]3)cs2)cc1. The van der Waals surface area contributed by atoms with Crippen LogP contribution in [-0.2, 0) is 0 Å². The van der Waals surface area contributed by atoms with Crippen molar-refractivity contribution in [3.63, 3.8) is 0 Å². The van der Waals surface area contributed by atoms with Crippen LogP contribution in [-0.4, -0.2) is 33.2 Å². The van der Waals surface area contributed by atoms with Crippen LogP contribution in [0.25, 0.3) is 10.6 Å². The molecule has 0 spiro atoms. The summed E-state index contributed by atoms with van der Waals surface area (Å²) in [5, 5.41) is 11.3. The van der Waals surface area contributed by atoms with Gasteiger partial charge in [0, 0.05) is 10.9 Å². The molecule has 0 aliphatic heterocycles. The number of anilines is 1. The first-order chi connectivity index (χ1) is 10.3. The standard InChI is InChI=1S/C13H11N5O2S/c1-20-9-4-2-8(3-5-9)12-16-10(6-21-12)11(19)17-13-14-7-15-18-13/h2-7H,1H3,(H2,14,15,17,18,19). The highest BCUT2D eigenvalue weighted by Gasteiger charge is 2.13. The van der Waals surface area contributed by atoms with Crippen molar-refractivity contribution in [3.05, 3.63) is 41.7 Å². The van der Waals surface area contributed by atoms with Gasteiger partial charge in [-0.2, -0.15) is 10.1 Å². The van der Waals surface area contributed by atoms with E-state index in [4.69, 9.17) is 4.74 Å². The highest BCUT2D eigenvalue weighted by atomic mass is 32.1. The number of aromatic nitrogens is 4. The number of amides is 1. The average Bonchev–Trinajstić information content (AvgIpc) is 3.18. The van der Waals surface area contributed by atoms with Gasteiger partial charge >= 0.3 is 0 Å². The Morgan fingerprint density at radius 1 is 1.33 bits per heavy atom. The molecule has 2 N–H and O–H groups in total. The molecule has 2 aromatic heterocycles. The molecule has 0 saturated heterocycles. The molecule has 7 nitrogen and oxygen atoms in total. The summed E-state index contributed by atoms with van der Waals surface area (Å²) >= 11 is 1.40. The maximum absolute atomic E-state index is 12.0. The van der Waals surface area contributed by atoms with Crippen LogP contribution in [0.5, 0.6) is 5.75 Å². The Morgan fingerprint density at radius 2 is 2.14 bits per heavy atom. The molecule has 0 atom stereocenters. The fraction of sp³-hybridized carbons (Fsp3) is 0.0769. The van der Waals surface area contributed by atoms with Crippen molar-refractivity contribution in [2.45, 2.75) is 0 Å². The van der Waals surface area contributed by atoms with Gasteiger partial charge in [0.15, 0.2) is 0 Å². The lowest BCUT2D eigenvalue weighted by Gasteiger charge is -2.00. The van der Waals surface area contributed by atoms with Crippen LogP contribution in [0, 0.1) is 0 Å². The van der Waals surface area contributed by atoms with Crippen LogP contribution in [0.3, 0.4) is 0 Å². The first-order valence-corrected chi connectivity index (χ1v) is 6.91. The lowest BCUT2D eigenvalue weighted by atomic mass is 10.2. The van der Waals surface area contributed by atoms with Crippen molar-refractivity contribution < 1.29 is 9.53 Å². The number of hydrogen-bond donors (Lipinski definition) is 2. The van der Waals surface area contributed by atoms with Crippen LogP contribution in [0.4, 0.5) is 5.95 Å². The Morgan fingerprint density at radius 3 is 2.81 bits per heavy atom. The molecule has 0 fully saturated rings. The fourth-order valence-corrected chi connectivity index (χ4v) is 2.49. The lowest BCUT2D eigenvalue weighted by molar-refractivity contribution is 0.102. The van der Waals surface area contributed by atoms with Gasteiger partial charge in [0.2, 0.25) is 5.95 Å². The minimum absolute atomic E-state index is 0.291. The zero-order chi connectivity index (χ0) is 14.7. The van der Waals surface area contributed by atoms with Crippen LogP contribution in [0.1, 0.15) is 10.5 Å². The smallest absolute Gasteiger partial charge is 0.277 e. The third-order valence-corrected chi connectivity index (χ3v) is 3.61. The van der Waals surface area contributed by atoms with Crippen molar-refractivity contribution >= 4 is 23.2 Å². The number of benzene rings is 1. The number of thiazole rings is 1. The first kappa shape index (κ1) is 13.3. The molecule has 0 aliphatic carbocycles. The van der Waals surface area contributed by atoms with Gasteiger partial charge in [-0.15, -0.1) is 11.3 Å². The molecule has 106 valence electrons. The maximum Gasteiger partial charge on any atom is 0.277 e. The van der Waals surface area contributed by atoms with E-state index in [1.54, 1.807) is 12.5 Å². The number of ether oxygens (including phenoxy) is 1. The predicted octanol–water partition coefficient (Wildman–Crippen LogP) is 2.19. The van der Waals surface area contributed by atoms with Gasteiger partial charge in [-0.05, 0) is 24.3 Å². The van der Waals surface area contributed by atoms with E-state index in [1.165, 1.54) is 17.7 Å². The average molecular weight is 301 g/mol. The normalized spacial score (nSPS) is 10.3. The predicted molar refractivity (Wildman–Crippen MR) is 78.4 cm³/mol. The summed E-state index contributed by atoms with van der Waals surface area (Å²) in [7, 11) is 1.62. The topological polar surface area (TPSA) is 92.8 Å². The Labute approximate surface area is 124 Å². The number of carbonyl (C=O) groups is 1. The number of hydrogen-bond acceptors (Lipinski definition) is 6. The third kappa shape index (κ3) is 2.90. The van der Waals surface area contributed by atoms with E-state index in [0.717, 1.165) is 16.3 Å². The van der Waals surface area contributed by atoms with E-state index in [2.05, 4.69) is 25.5 Å². The van der Waals surface area contributed by atoms with Crippen molar-refractivity contribution in [1.82, 2.24) is 20.2 Å². The van der Waals surface area contributed by atoms with Gasteiger partial charge < -0.3 is 4.74 Å². The lowest BCUT2D eigenvalue weighted by Crippen LogP contribution is -2.13. The molecule has 0 radical (unpaired) electrons. The number of rotatable bonds is 4. The molecule has 0 aliphatic rings. The number of aromatic amines is 1. The minimum Gasteiger partial charge on any atom is -0.497 e. The Hall–Kier alpha value is -2.74. The maximum atomic E-state index is 12.0. The van der Waals surface area contributed by atoms with Gasteiger partial charge in [0.05, 0.1) is 7.11 Å². The summed E-state index contributed by atoms with van der Waals surface area (Å²) in [5.74, 6) is 0.736. The second-order valence-corrected chi connectivity index (χ2v) is 4.91. The number of nitrogens with zero attached hydrogens (tertiary/aromatic N) is 3. The third-order valence-electron chi connectivity index (χ3n) is 2.72. The van der Waals surface area contributed by atoms with Gasteiger partial charge in [-0.25, -0.2) is 10.1 Å². The highest BCUT2D eigenvalue weighted by molar-refractivity contribution is 7.13. The molecule has 0 bridgehead atoms. The molecule has 2 heterocycles. The van der Waals surface area contributed by atoms with Gasteiger partial charge in [0.25, 0.3) is 5.91 Å². The molecule has 3 rings (SSSR count). The second-order valence-electron chi connectivity index (χ2n) is 4.05. The number of H-pyrrole nitrogens is 1. The van der Waals surface area contributed by atoms with Crippen LogP contribution < -0.4 is 10.1 Å². The summed E-state index contributed by atoms with van der Waals surface area (Å²) in [6, 6.07) is 7.50. The van der Waals surface area contributed by atoms with E-state index >= 15 is 0 Å². The molecule has 1 aromatic carbocycles. The molecular formula is C13H11N5O2S. The summed E-state index contributed by atoms with van der Waals surface area (Å²) in [4.78, 5) is 20.1. The summed E-state index contributed by atoms with van der Waals surface area (Å²) in [6.07, 6.45) is 1.32. The van der Waals surface area contributed by atoms with Crippen molar-refractivity contribution in [1.29, 1.82) is 0 Å². The zero-order valence-corrected chi connectivity index (χ0v) is 11.8. The zero-order valence-electron chi connectivity index (χ0n) is 11.0. The van der Waals surface area contributed by atoms with Crippen molar-refractivity contribution in [3.8, 4) is 16.3 Å². The fourth-order valence-electron chi connectivity index (χ4n) is 1.68. The van der Waals surface area contributed by atoms with Gasteiger partial charge in [-0.1, -0.05) is 0 Å². The molecular weight excluding hydrogens is 290 g/mol. The first-order valence-electron chi connectivity index (χ1n) is 6.03. The van der Waals surface area contributed by atoms with E-state index < -0.39 is 0 Å². The number of methoxy groups -OCH3 is 1. The molecule has 3 aromatic rings. The molecule has 0 unspecified atom stereocenters. The van der Waals surface area contributed by atoms with E-state index in [1.807, 2.05) is 24.3 Å². The van der Waals surface area contributed by atoms with Crippen LogP contribution in [0.15, 0.2) is 36.0 Å². The molecule has 21 heavy (non-hydrogen) atoms. The van der Waals surface area contributed by atoms with Crippen LogP contribution in [0.2, 0.25) is 0 Å². The molecule has 1 amide bonds. The summed E-state index contributed by atoms with van der Waals surface area (Å²) in [5.41, 5.74) is 1.27.